The first kappa shape index (κ1) is 33.0. The van der Waals surface area contributed by atoms with Gasteiger partial charge in [-0.3, -0.25) is 14.2 Å². The summed E-state index contributed by atoms with van der Waals surface area (Å²) in [6, 6.07) is 7.11. The summed E-state index contributed by atoms with van der Waals surface area (Å²) in [6.07, 6.45) is 7.71. The number of ether oxygens (including phenoxy) is 1. The summed E-state index contributed by atoms with van der Waals surface area (Å²) < 4.78 is 36.6. The molecule has 0 atom stereocenters. The summed E-state index contributed by atoms with van der Waals surface area (Å²) in [6.45, 7) is 0. The van der Waals surface area contributed by atoms with E-state index in [1.807, 2.05) is 0 Å². The highest BCUT2D eigenvalue weighted by atomic mass is 19.1. The molecule has 4 aromatic rings. The molecule has 0 bridgehead atoms. The molecule has 2 aromatic carbocycles. The van der Waals surface area contributed by atoms with Gasteiger partial charge in [-0.2, -0.15) is 5.12 Å². The molecule has 50 heavy (non-hydrogen) atoms. The van der Waals surface area contributed by atoms with E-state index in [0.29, 0.717) is 11.7 Å². The van der Waals surface area contributed by atoms with Crippen molar-refractivity contribution in [2.45, 2.75) is 19.3 Å². The largest absolute Gasteiger partial charge is 0.478 e. The van der Waals surface area contributed by atoms with Crippen molar-refractivity contribution in [3.8, 4) is 5.82 Å². The summed E-state index contributed by atoms with van der Waals surface area (Å²) >= 11 is 0. The van der Waals surface area contributed by atoms with Gasteiger partial charge >= 0.3 is 11.9 Å². The van der Waals surface area contributed by atoms with E-state index in [1.54, 1.807) is 17.0 Å². The lowest BCUT2D eigenvalue weighted by atomic mass is 9.99. The van der Waals surface area contributed by atoms with Gasteiger partial charge in [-0.25, -0.2) is 28.9 Å². The van der Waals surface area contributed by atoms with Crippen LogP contribution in [0.3, 0.4) is 0 Å². The van der Waals surface area contributed by atoms with E-state index in [4.69, 9.17) is 4.74 Å². The van der Waals surface area contributed by atoms with Crippen LogP contribution in [0.4, 0.5) is 20.2 Å². The highest BCUT2D eigenvalue weighted by Gasteiger charge is 2.24. The number of hydrogen-bond donors (Lipinski definition) is 5. The maximum atomic E-state index is 15.2. The summed E-state index contributed by atoms with van der Waals surface area (Å²) in [5.74, 6) is -4.72. The number of carboxylic acids is 1. The Hall–Kier alpha value is -6.89. The number of halogens is 2. The number of aromatic nitrogens is 4. The second-order valence-corrected chi connectivity index (χ2v) is 10.6. The summed E-state index contributed by atoms with van der Waals surface area (Å²) in [5, 5.41) is 31.7. The molecule has 5 N–H and O–H groups in total. The van der Waals surface area contributed by atoms with Crippen molar-refractivity contribution in [1.82, 2.24) is 35.9 Å². The summed E-state index contributed by atoms with van der Waals surface area (Å²) in [4.78, 5) is 54.2. The monoisotopic (exact) mass is 685 g/mol. The van der Waals surface area contributed by atoms with Crippen molar-refractivity contribution >= 4 is 46.7 Å². The van der Waals surface area contributed by atoms with Crippen molar-refractivity contribution in [2.75, 3.05) is 17.7 Å². The molecule has 0 saturated carbocycles. The number of carboxylic acid groups (broad SMARTS) is 1. The van der Waals surface area contributed by atoms with Gasteiger partial charge < -0.3 is 20.5 Å². The number of hydrogen-bond acceptors (Lipinski definition) is 13. The molecule has 2 aliphatic heterocycles. The van der Waals surface area contributed by atoms with Crippen LogP contribution < -0.4 is 21.7 Å². The highest BCUT2D eigenvalue weighted by molar-refractivity contribution is 6.48. The predicted octanol–water partition coefficient (Wildman–Crippen LogP) is 2.36. The maximum Gasteiger partial charge on any atom is 0.340 e. The maximum absolute atomic E-state index is 15.2. The van der Waals surface area contributed by atoms with Crippen molar-refractivity contribution < 1.29 is 37.8 Å². The Kier molecular flexibility index (Phi) is 9.30. The number of amidine groups is 1. The molecule has 19 heteroatoms. The fourth-order valence-electron chi connectivity index (χ4n) is 4.94. The molecule has 0 saturated heterocycles. The lowest BCUT2D eigenvalue weighted by Crippen LogP contribution is -2.40. The Labute approximate surface area is 280 Å². The van der Waals surface area contributed by atoms with E-state index in [-0.39, 0.29) is 58.7 Å². The number of rotatable bonds is 11. The van der Waals surface area contributed by atoms with Crippen LogP contribution in [0, 0.1) is 11.6 Å². The summed E-state index contributed by atoms with van der Waals surface area (Å²) in [5.41, 5.74) is 4.01. The van der Waals surface area contributed by atoms with Gasteiger partial charge in [0.25, 0.3) is 11.8 Å². The molecule has 0 aliphatic carbocycles. The fraction of sp³-hybridized carbons (Fsp3) is 0.129. The topological polar surface area (TPSA) is 217 Å². The van der Waals surface area contributed by atoms with Crippen LogP contribution in [0.1, 0.15) is 48.8 Å². The van der Waals surface area contributed by atoms with Crippen molar-refractivity contribution in [3.05, 3.63) is 107 Å². The molecular weight excluding hydrogens is 660 g/mol. The molecule has 0 radical (unpaired) electrons. The number of esters is 1. The number of carbonyl (C=O) groups is 4. The second kappa shape index (κ2) is 14.1. The Morgan fingerprint density at radius 2 is 1.62 bits per heavy atom. The van der Waals surface area contributed by atoms with Crippen LogP contribution in [0.25, 0.3) is 5.82 Å². The Bertz CT molecular complexity index is 2100. The number of benzene rings is 2. The van der Waals surface area contributed by atoms with Gasteiger partial charge in [0.05, 0.1) is 29.6 Å². The zero-order chi connectivity index (χ0) is 35.4. The van der Waals surface area contributed by atoms with Gasteiger partial charge in [0, 0.05) is 12.4 Å². The molecule has 2 aliphatic rings. The minimum absolute atomic E-state index is 0.00260. The Morgan fingerprint density at radius 3 is 2.26 bits per heavy atom. The number of anilines is 2. The number of aromatic carboxylic acids is 1. The third kappa shape index (κ3) is 7.01. The van der Waals surface area contributed by atoms with Crippen LogP contribution in [-0.2, 0) is 22.4 Å². The van der Waals surface area contributed by atoms with Gasteiger partial charge in [0.15, 0.2) is 23.1 Å². The van der Waals surface area contributed by atoms with Gasteiger partial charge in [0.1, 0.15) is 18.0 Å². The zero-order valence-corrected chi connectivity index (χ0v) is 25.8. The van der Waals surface area contributed by atoms with Crippen LogP contribution in [-0.4, -0.2) is 72.4 Å². The average molecular weight is 686 g/mol. The molecule has 0 fully saturated rings. The van der Waals surface area contributed by atoms with Crippen LogP contribution in [0.2, 0.25) is 0 Å². The van der Waals surface area contributed by atoms with Gasteiger partial charge in [0.2, 0.25) is 0 Å². The number of hydrazone groups is 2. The van der Waals surface area contributed by atoms with Gasteiger partial charge in [-0.05, 0) is 78.9 Å². The van der Waals surface area contributed by atoms with E-state index in [0.717, 1.165) is 19.2 Å². The SMILES string of the molecule is COC(=O)c1cc(F)c(CCCc2cc(NC(=O)C3=NN4NNN=C4C=C3)c(C(=O)O)cc2F)cc1NC(=O)c1ccc(-n2ccnc2)nn1. The number of hydrazine groups is 2. The number of nitrogens with one attached hydrogen (secondary N) is 4. The van der Waals surface area contributed by atoms with Crippen LogP contribution in [0.15, 0.2) is 77.5 Å². The third-order valence-electron chi connectivity index (χ3n) is 7.42. The molecule has 0 unspecified atom stereocenters. The molecular formula is C31H25F2N11O6. The number of amides is 2. The van der Waals surface area contributed by atoms with Gasteiger partial charge in [-0.15, -0.1) is 25.9 Å². The number of aryl methyl sites for hydroxylation is 2. The van der Waals surface area contributed by atoms with E-state index >= 15 is 8.78 Å². The molecule has 254 valence electrons. The lowest BCUT2D eigenvalue weighted by molar-refractivity contribution is -0.110. The minimum Gasteiger partial charge on any atom is -0.478 e. The molecule has 4 heterocycles. The molecule has 6 rings (SSSR count). The first-order chi connectivity index (χ1) is 24.1. The van der Waals surface area contributed by atoms with E-state index < -0.39 is 41.0 Å². The molecule has 2 amide bonds. The quantitative estimate of drug-likeness (QED) is 0.144. The smallest absolute Gasteiger partial charge is 0.340 e. The van der Waals surface area contributed by atoms with Crippen LogP contribution >= 0.6 is 0 Å². The normalized spacial score (nSPS) is 13.1. The van der Waals surface area contributed by atoms with Crippen molar-refractivity contribution in [1.29, 1.82) is 0 Å². The number of nitrogens with zero attached hydrogens (tertiary/aromatic N) is 7. The third-order valence-corrected chi connectivity index (χ3v) is 7.42. The van der Waals surface area contributed by atoms with E-state index in [9.17, 15) is 24.3 Å². The van der Waals surface area contributed by atoms with Gasteiger partial charge in [-0.1, -0.05) is 0 Å². The van der Waals surface area contributed by atoms with Crippen molar-refractivity contribution in [2.24, 2.45) is 10.2 Å². The predicted molar refractivity (Wildman–Crippen MR) is 171 cm³/mol. The second-order valence-electron chi connectivity index (χ2n) is 10.6. The summed E-state index contributed by atoms with van der Waals surface area (Å²) in [7, 11) is 1.10. The number of methoxy groups -OCH3 is 1. The fourth-order valence-corrected chi connectivity index (χ4v) is 4.94. The van der Waals surface area contributed by atoms with Crippen molar-refractivity contribution in [3.63, 3.8) is 0 Å². The number of carbonyl (C=O) groups excluding carboxylic acids is 3. The highest BCUT2D eigenvalue weighted by Crippen LogP contribution is 2.26. The Morgan fingerprint density at radius 1 is 0.920 bits per heavy atom. The zero-order valence-electron chi connectivity index (χ0n) is 25.8. The lowest BCUT2D eigenvalue weighted by Gasteiger charge is -2.17. The molecule has 0 spiro atoms. The minimum atomic E-state index is -1.48. The van der Waals surface area contributed by atoms with E-state index in [1.165, 1.54) is 47.9 Å². The molecule has 2 aromatic heterocycles. The van der Waals surface area contributed by atoms with Crippen LogP contribution in [0.5, 0.6) is 0 Å². The standard InChI is InChI=1S/C31H25F2N11O6/c1-50-31(49)19-14-21(33)17(12-25(19)36-28(45)22-5-7-26(38-37-22)43-10-9-34-15-43)4-2-3-16-11-24(18(30(47)48)13-20(16)32)35-29(46)23-6-8-27-39-41-42-44(27)40-23/h5-15,41-42H,2-4H2,1H3,(H,35,46)(H,36,45)(H,47,48). The number of imidazole rings is 1. The Balaban J connectivity index is 1.17. The number of fused-ring (bicyclic) bond motifs is 1. The first-order valence-corrected chi connectivity index (χ1v) is 14.7. The average Bonchev–Trinajstić information content (AvgIpc) is 3.83. The first-order valence-electron chi connectivity index (χ1n) is 14.7. The van der Waals surface area contributed by atoms with E-state index in [2.05, 4.69) is 47.1 Å². The molecule has 17 nitrogen and oxygen atoms in total.